The third-order valence-electron chi connectivity index (χ3n) is 5.35. The highest BCUT2D eigenvalue weighted by Gasteiger charge is 2.34. The molecule has 1 N–H and O–H groups in total. The molecule has 10 heteroatoms. The van der Waals surface area contributed by atoms with Crippen molar-refractivity contribution in [2.24, 2.45) is 0 Å². The summed E-state index contributed by atoms with van der Waals surface area (Å²) in [6, 6.07) is 12.3. The van der Waals surface area contributed by atoms with Crippen LogP contribution in [0.3, 0.4) is 0 Å². The highest BCUT2D eigenvalue weighted by atomic mass is 32.1. The highest BCUT2D eigenvalue weighted by Crippen LogP contribution is 2.25. The number of nitrogens with one attached hydrogen (secondary N) is 1. The van der Waals surface area contributed by atoms with Crippen molar-refractivity contribution in [2.75, 3.05) is 11.9 Å². The summed E-state index contributed by atoms with van der Waals surface area (Å²) < 4.78 is 1.60. The molecule has 33 heavy (non-hydrogen) atoms. The quantitative estimate of drug-likeness (QED) is 0.445. The van der Waals surface area contributed by atoms with Gasteiger partial charge in [-0.2, -0.15) is 5.10 Å². The van der Waals surface area contributed by atoms with E-state index in [9.17, 15) is 14.4 Å². The smallest absolute Gasteiger partial charge is 0.261 e. The van der Waals surface area contributed by atoms with Crippen LogP contribution in [0.1, 0.15) is 41.6 Å². The molecule has 1 aliphatic rings. The van der Waals surface area contributed by atoms with E-state index in [0.717, 1.165) is 4.88 Å². The molecule has 3 aromatic heterocycles. The zero-order valence-electron chi connectivity index (χ0n) is 17.6. The molecule has 3 amide bonds. The standard InChI is InChI=1S/C23H18N6O3S/c1-14-18(13-26-29(14)19-8-4-5-10-24-19)20(30)27-23-25-12-15(33-23)9-11-28-21(31)16-6-2-3-7-17(16)22(28)32/h2-8,10,12-13H,9,11H2,1H3,(H,25,27,30). The Bertz CT molecular complexity index is 1340. The van der Waals surface area contributed by atoms with Gasteiger partial charge in [0.2, 0.25) is 0 Å². The lowest BCUT2D eigenvalue weighted by molar-refractivity contribution is 0.0656. The van der Waals surface area contributed by atoms with E-state index in [4.69, 9.17) is 0 Å². The fourth-order valence-electron chi connectivity index (χ4n) is 3.65. The Kier molecular flexibility index (Phi) is 5.27. The minimum absolute atomic E-state index is 0.248. The molecule has 1 aromatic carbocycles. The van der Waals surface area contributed by atoms with E-state index in [1.54, 1.807) is 48.3 Å². The molecular formula is C23H18N6O3S. The zero-order valence-corrected chi connectivity index (χ0v) is 18.4. The summed E-state index contributed by atoms with van der Waals surface area (Å²) in [4.78, 5) is 48.4. The number of rotatable bonds is 6. The molecule has 5 rings (SSSR count). The van der Waals surface area contributed by atoms with Crippen molar-refractivity contribution in [1.29, 1.82) is 0 Å². The largest absolute Gasteiger partial charge is 0.298 e. The number of thiazole rings is 1. The van der Waals surface area contributed by atoms with Gasteiger partial charge in [0.15, 0.2) is 10.9 Å². The number of hydrogen-bond acceptors (Lipinski definition) is 7. The number of carbonyl (C=O) groups excluding carboxylic acids is 3. The van der Waals surface area contributed by atoms with Crippen LogP contribution in [0.25, 0.3) is 5.82 Å². The summed E-state index contributed by atoms with van der Waals surface area (Å²) in [7, 11) is 0. The monoisotopic (exact) mass is 458 g/mol. The molecular weight excluding hydrogens is 440 g/mol. The highest BCUT2D eigenvalue weighted by molar-refractivity contribution is 7.15. The van der Waals surface area contributed by atoms with Gasteiger partial charge in [-0.25, -0.2) is 14.6 Å². The number of fused-ring (bicyclic) bond motifs is 1. The number of imide groups is 1. The predicted octanol–water partition coefficient (Wildman–Crippen LogP) is 3.12. The molecule has 0 bridgehead atoms. The Morgan fingerprint density at radius 3 is 2.42 bits per heavy atom. The number of benzene rings is 1. The molecule has 0 fully saturated rings. The summed E-state index contributed by atoms with van der Waals surface area (Å²) in [5.74, 6) is -0.266. The van der Waals surface area contributed by atoms with Crippen LogP contribution in [-0.2, 0) is 6.42 Å². The van der Waals surface area contributed by atoms with Gasteiger partial charge in [0, 0.05) is 30.2 Å². The van der Waals surface area contributed by atoms with Crippen molar-refractivity contribution in [3.63, 3.8) is 0 Å². The maximum atomic E-state index is 12.8. The molecule has 0 aliphatic carbocycles. The number of nitrogens with zero attached hydrogens (tertiary/aromatic N) is 5. The van der Waals surface area contributed by atoms with Gasteiger partial charge in [-0.05, 0) is 31.2 Å². The maximum Gasteiger partial charge on any atom is 0.261 e. The van der Waals surface area contributed by atoms with Gasteiger partial charge in [-0.1, -0.05) is 18.2 Å². The summed E-state index contributed by atoms with van der Waals surface area (Å²) >= 11 is 1.30. The number of hydrogen-bond donors (Lipinski definition) is 1. The molecule has 0 saturated carbocycles. The lowest BCUT2D eigenvalue weighted by atomic mass is 10.1. The van der Waals surface area contributed by atoms with Crippen molar-refractivity contribution < 1.29 is 14.4 Å². The van der Waals surface area contributed by atoms with E-state index in [2.05, 4.69) is 20.4 Å². The molecule has 164 valence electrons. The molecule has 0 spiro atoms. The van der Waals surface area contributed by atoms with Crippen molar-refractivity contribution in [3.8, 4) is 5.82 Å². The van der Waals surface area contributed by atoms with Crippen LogP contribution in [0.2, 0.25) is 0 Å². The normalized spacial score (nSPS) is 12.8. The minimum Gasteiger partial charge on any atom is -0.298 e. The predicted molar refractivity (Wildman–Crippen MR) is 122 cm³/mol. The molecule has 0 saturated heterocycles. The lowest BCUT2D eigenvalue weighted by Gasteiger charge is -2.12. The lowest BCUT2D eigenvalue weighted by Crippen LogP contribution is -2.31. The first kappa shape index (κ1) is 20.7. The molecule has 0 radical (unpaired) electrons. The summed E-state index contributed by atoms with van der Waals surface area (Å²) in [5.41, 5.74) is 1.94. The fourth-order valence-corrected chi connectivity index (χ4v) is 4.45. The average Bonchev–Trinajstić information content (AvgIpc) is 3.51. The van der Waals surface area contributed by atoms with Crippen LogP contribution in [0.5, 0.6) is 0 Å². The van der Waals surface area contributed by atoms with Crippen LogP contribution in [0.4, 0.5) is 5.13 Å². The number of aromatic nitrogens is 4. The third-order valence-corrected chi connectivity index (χ3v) is 6.33. The second kappa shape index (κ2) is 8.40. The van der Waals surface area contributed by atoms with E-state index in [0.29, 0.717) is 39.8 Å². The van der Waals surface area contributed by atoms with Crippen molar-refractivity contribution in [2.45, 2.75) is 13.3 Å². The van der Waals surface area contributed by atoms with E-state index in [1.165, 1.54) is 22.4 Å². The van der Waals surface area contributed by atoms with Gasteiger partial charge in [0.25, 0.3) is 17.7 Å². The number of amides is 3. The van der Waals surface area contributed by atoms with Crippen molar-refractivity contribution >= 4 is 34.2 Å². The van der Waals surface area contributed by atoms with E-state index < -0.39 is 0 Å². The third kappa shape index (κ3) is 3.80. The molecule has 0 atom stereocenters. The van der Waals surface area contributed by atoms with Gasteiger partial charge in [0.05, 0.1) is 28.6 Å². The Hall–Kier alpha value is -4.18. The second-order valence-corrected chi connectivity index (χ2v) is 8.50. The van der Waals surface area contributed by atoms with Gasteiger partial charge in [-0.3, -0.25) is 24.6 Å². The summed E-state index contributed by atoms with van der Waals surface area (Å²) in [5, 5.41) is 7.49. The Labute approximate surface area is 192 Å². The first-order chi connectivity index (χ1) is 16.0. The maximum absolute atomic E-state index is 12.8. The number of carbonyl (C=O) groups is 3. The number of pyridine rings is 1. The van der Waals surface area contributed by atoms with Gasteiger partial charge in [-0.15, -0.1) is 11.3 Å². The van der Waals surface area contributed by atoms with Crippen LogP contribution >= 0.6 is 11.3 Å². The van der Waals surface area contributed by atoms with Crippen LogP contribution in [-0.4, -0.2) is 48.9 Å². The molecule has 9 nitrogen and oxygen atoms in total. The van der Waals surface area contributed by atoms with Crippen LogP contribution in [0, 0.1) is 6.92 Å². The molecule has 1 aliphatic heterocycles. The SMILES string of the molecule is Cc1c(C(=O)Nc2ncc(CCN3C(=O)c4ccccc4C3=O)s2)cnn1-c1ccccn1. The molecule has 0 unspecified atom stereocenters. The Morgan fingerprint density at radius 1 is 1.00 bits per heavy atom. The minimum atomic E-state index is -0.323. The molecule has 4 heterocycles. The van der Waals surface area contributed by atoms with Gasteiger partial charge in [0.1, 0.15) is 0 Å². The van der Waals surface area contributed by atoms with Crippen LogP contribution < -0.4 is 5.32 Å². The summed E-state index contributed by atoms with van der Waals surface area (Å²) in [6.45, 7) is 2.05. The topological polar surface area (TPSA) is 110 Å². The first-order valence-electron chi connectivity index (χ1n) is 10.2. The van der Waals surface area contributed by atoms with E-state index in [1.807, 2.05) is 18.2 Å². The summed E-state index contributed by atoms with van der Waals surface area (Å²) in [6.07, 6.45) is 5.25. The first-order valence-corrected chi connectivity index (χ1v) is 11.0. The van der Waals surface area contributed by atoms with Crippen molar-refractivity contribution in [3.05, 3.63) is 88.3 Å². The zero-order chi connectivity index (χ0) is 22.9. The Balaban J connectivity index is 1.23. The van der Waals surface area contributed by atoms with Gasteiger partial charge >= 0.3 is 0 Å². The van der Waals surface area contributed by atoms with E-state index >= 15 is 0 Å². The van der Waals surface area contributed by atoms with Gasteiger partial charge < -0.3 is 0 Å². The fraction of sp³-hybridized carbons (Fsp3) is 0.130. The van der Waals surface area contributed by atoms with E-state index in [-0.39, 0.29) is 24.3 Å². The average molecular weight is 459 g/mol. The van der Waals surface area contributed by atoms with Crippen molar-refractivity contribution in [1.82, 2.24) is 24.6 Å². The van der Waals surface area contributed by atoms with Crippen LogP contribution in [0.15, 0.2) is 61.1 Å². The number of anilines is 1. The molecule has 4 aromatic rings. The second-order valence-electron chi connectivity index (χ2n) is 7.39. The Morgan fingerprint density at radius 2 is 1.73 bits per heavy atom.